The topological polar surface area (TPSA) is 56.0 Å². The van der Waals surface area contributed by atoms with Gasteiger partial charge in [0, 0.05) is 12.6 Å². The highest BCUT2D eigenvalue weighted by Crippen LogP contribution is 2.24. The van der Waals surface area contributed by atoms with Crippen LogP contribution in [-0.2, 0) is 4.79 Å². The van der Waals surface area contributed by atoms with E-state index < -0.39 is 0 Å². The Balaban J connectivity index is 2.83. The van der Waals surface area contributed by atoms with E-state index in [2.05, 4.69) is 20.9 Å². The Morgan fingerprint density at radius 3 is 2.93 bits per heavy atom. The average Bonchev–Trinajstić information content (AvgIpc) is 2.14. The molecule has 1 atom stereocenters. The van der Waals surface area contributed by atoms with E-state index in [-0.39, 0.29) is 11.8 Å². The van der Waals surface area contributed by atoms with Gasteiger partial charge in [-0.2, -0.15) is 0 Å². The maximum atomic E-state index is 10.8. The number of nitrogens with zero attached hydrogens (tertiary/aromatic N) is 1. The summed E-state index contributed by atoms with van der Waals surface area (Å²) in [5.74, 6) is -0.0587. The van der Waals surface area contributed by atoms with E-state index in [0.717, 1.165) is 16.6 Å². The Morgan fingerprint density at radius 2 is 2.43 bits per heavy atom. The van der Waals surface area contributed by atoms with Gasteiger partial charge in [-0.1, -0.05) is 6.92 Å². The number of carbonyl (C=O) groups excluding carboxylic acids is 1. The lowest BCUT2D eigenvalue weighted by Gasteiger charge is -2.12. The monoisotopic (exact) mass is 256 g/mol. The second-order valence-electron chi connectivity index (χ2n) is 3.19. The molecule has 4 heteroatoms. The Hall–Kier alpha value is -0.900. The Kier molecular flexibility index (Phi) is 4.07. The van der Waals surface area contributed by atoms with Crippen LogP contribution in [0.15, 0.2) is 22.9 Å². The van der Waals surface area contributed by atoms with Crippen LogP contribution in [0.4, 0.5) is 0 Å². The third-order valence-electron chi connectivity index (χ3n) is 2.16. The maximum Gasteiger partial charge on any atom is 0.218 e. The maximum absolute atomic E-state index is 10.8. The van der Waals surface area contributed by atoms with Crippen LogP contribution in [0.25, 0.3) is 0 Å². The van der Waals surface area contributed by atoms with Gasteiger partial charge < -0.3 is 5.73 Å². The van der Waals surface area contributed by atoms with Crippen LogP contribution in [-0.4, -0.2) is 10.9 Å². The van der Waals surface area contributed by atoms with Gasteiger partial charge >= 0.3 is 0 Å². The number of amides is 1. The summed E-state index contributed by atoms with van der Waals surface area (Å²) in [6.45, 7) is 2.04. The predicted molar refractivity (Wildman–Crippen MR) is 58.8 cm³/mol. The van der Waals surface area contributed by atoms with E-state index in [0.29, 0.717) is 6.42 Å². The summed E-state index contributed by atoms with van der Waals surface area (Å²) in [6, 6.07) is 3.85. The molecule has 1 rings (SSSR count). The van der Waals surface area contributed by atoms with Crippen molar-refractivity contribution in [2.24, 2.45) is 5.73 Å². The molecule has 1 aromatic rings. The second kappa shape index (κ2) is 5.10. The average molecular weight is 257 g/mol. The van der Waals surface area contributed by atoms with Gasteiger partial charge in [-0.05, 0) is 46.0 Å². The van der Waals surface area contributed by atoms with Crippen molar-refractivity contribution in [3.63, 3.8) is 0 Å². The van der Waals surface area contributed by atoms with Gasteiger partial charge in [0.05, 0.1) is 0 Å². The van der Waals surface area contributed by atoms with E-state index in [4.69, 9.17) is 5.73 Å². The van der Waals surface area contributed by atoms with Gasteiger partial charge in [0.15, 0.2) is 0 Å². The first-order chi connectivity index (χ1) is 6.63. The molecule has 0 saturated heterocycles. The number of carbonyl (C=O) groups is 1. The molecule has 14 heavy (non-hydrogen) atoms. The van der Waals surface area contributed by atoms with Gasteiger partial charge in [-0.15, -0.1) is 0 Å². The smallest absolute Gasteiger partial charge is 0.218 e. The molecule has 1 heterocycles. The molecule has 0 aliphatic rings. The Bertz CT molecular complexity index is 328. The van der Waals surface area contributed by atoms with Gasteiger partial charge in [-0.25, -0.2) is 4.98 Å². The summed E-state index contributed by atoms with van der Waals surface area (Å²) in [5, 5.41) is 0. The standard InChI is InChI=1S/C10H13BrN2O/c1-2-7(6-10(12)14)8-3-4-13-9(11)5-8/h3-5,7H,2,6H2,1H3,(H2,12,14). The molecule has 0 aliphatic carbocycles. The van der Waals surface area contributed by atoms with E-state index in [1.165, 1.54) is 0 Å². The molecule has 0 radical (unpaired) electrons. The lowest BCUT2D eigenvalue weighted by atomic mass is 9.94. The van der Waals surface area contributed by atoms with Crippen LogP contribution >= 0.6 is 15.9 Å². The van der Waals surface area contributed by atoms with Crippen LogP contribution in [0.1, 0.15) is 31.2 Å². The number of hydrogen-bond donors (Lipinski definition) is 1. The highest BCUT2D eigenvalue weighted by atomic mass is 79.9. The molecule has 76 valence electrons. The van der Waals surface area contributed by atoms with Crippen molar-refractivity contribution >= 4 is 21.8 Å². The minimum atomic E-state index is -0.259. The van der Waals surface area contributed by atoms with E-state index in [9.17, 15) is 4.79 Å². The summed E-state index contributed by atoms with van der Waals surface area (Å²) in [6.07, 6.45) is 3.02. The zero-order chi connectivity index (χ0) is 10.6. The number of primary amides is 1. The Morgan fingerprint density at radius 1 is 1.71 bits per heavy atom. The first-order valence-electron chi connectivity index (χ1n) is 4.53. The molecule has 1 aromatic heterocycles. The minimum Gasteiger partial charge on any atom is -0.370 e. The van der Waals surface area contributed by atoms with Crippen LogP contribution in [0.2, 0.25) is 0 Å². The van der Waals surface area contributed by atoms with Crippen LogP contribution in [0.5, 0.6) is 0 Å². The predicted octanol–water partition coefficient (Wildman–Crippen LogP) is 2.21. The van der Waals surface area contributed by atoms with Crippen LogP contribution < -0.4 is 5.73 Å². The normalized spacial score (nSPS) is 12.4. The molecule has 0 bridgehead atoms. The summed E-state index contributed by atoms with van der Waals surface area (Å²) in [4.78, 5) is 14.9. The van der Waals surface area contributed by atoms with Gasteiger partial charge in [0.2, 0.25) is 5.91 Å². The summed E-state index contributed by atoms with van der Waals surface area (Å²) in [5.41, 5.74) is 6.28. The van der Waals surface area contributed by atoms with Crippen molar-refractivity contribution in [3.05, 3.63) is 28.5 Å². The number of pyridine rings is 1. The minimum absolute atomic E-state index is 0.201. The highest BCUT2D eigenvalue weighted by molar-refractivity contribution is 9.10. The lowest BCUT2D eigenvalue weighted by Crippen LogP contribution is -2.15. The quantitative estimate of drug-likeness (QED) is 0.841. The molecular formula is C10H13BrN2O. The summed E-state index contributed by atoms with van der Waals surface area (Å²) in [7, 11) is 0. The number of halogens is 1. The van der Waals surface area contributed by atoms with E-state index in [1.54, 1.807) is 6.20 Å². The second-order valence-corrected chi connectivity index (χ2v) is 4.00. The van der Waals surface area contributed by atoms with Crippen molar-refractivity contribution in [2.75, 3.05) is 0 Å². The molecule has 1 unspecified atom stereocenters. The van der Waals surface area contributed by atoms with Crippen molar-refractivity contribution in [1.29, 1.82) is 0 Å². The number of nitrogens with two attached hydrogens (primary N) is 1. The molecule has 3 nitrogen and oxygen atoms in total. The zero-order valence-electron chi connectivity index (χ0n) is 8.03. The van der Waals surface area contributed by atoms with Crippen molar-refractivity contribution in [1.82, 2.24) is 4.98 Å². The molecule has 2 N–H and O–H groups in total. The molecule has 1 amide bonds. The van der Waals surface area contributed by atoms with Crippen molar-refractivity contribution in [3.8, 4) is 0 Å². The third-order valence-corrected chi connectivity index (χ3v) is 2.60. The molecule has 0 saturated carbocycles. The van der Waals surface area contributed by atoms with E-state index in [1.807, 2.05) is 19.1 Å². The Labute approximate surface area is 91.8 Å². The first kappa shape index (κ1) is 11.2. The van der Waals surface area contributed by atoms with Crippen LogP contribution in [0.3, 0.4) is 0 Å². The zero-order valence-corrected chi connectivity index (χ0v) is 9.62. The fourth-order valence-corrected chi connectivity index (χ4v) is 1.79. The number of hydrogen-bond acceptors (Lipinski definition) is 2. The molecule has 0 aliphatic heterocycles. The largest absolute Gasteiger partial charge is 0.370 e. The van der Waals surface area contributed by atoms with Gasteiger partial charge in [0.1, 0.15) is 4.60 Å². The van der Waals surface area contributed by atoms with Gasteiger partial charge in [-0.3, -0.25) is 4.79 Å². The first-order valence-corrected chi connectivity index (χ1v) is 5.32. The molecule has 0 aromatic carbocycles. The van der Waals surface area contributed by atoms with Crippen molar-refractivity contribution in [2.45, 2.75) is 25.7 Å². The summed E-state index contributed by atoms with van der Waals surface area (Å²) < 4.78 is 0.790. The van der Waals surface area contributed by atoms with Crippen molar-refractivity contribution < 1.29 is 4.79 Å². The fraction of sp³-hybridized carbons (Fsp3) is 0.400. The summed E-state index contributed by atoms with van der Waals surface area (Å²) >= 11 is 3.30. The third kappa shape index (κ3) is 3.10. The van der Waals surface area contributed by atoms with Gasteiger partial charge in [0.25, 0.3) is 0 Å². The highest BCUT2D eigenvalue weighted by Gasteiger charge is 2.12. The van der Waals surface area contributed by atoms with E-state index >= 15 is 0 Å². The molecule has 0 spiro atoms. The SMILES string of the molecule is CCC(CC(N)=O)c1ccnc(Br)c1. The molecule has 0 fully saturated rings. The number of rotatable bonds is 4. The lowest BCUT2D eigenvalue weighted by molar-refractivity contribution is -0.118. The number of aromatic nitrogens is 1. The fourth-order valence-electron chi connectivity index (χ4n) is 1.41. The van der Waals surface area contributed by atoms with Crippen LogP contribution in [0, 0.1) is 0 Å². The molecular weight excluding hydrogens is 244 g/mol.